The Hall–Kier alpha value is 0.690. The number of nitrogens with zero attached hydrogens (tertiary/aromatic N) is 2. The van der Waals surface area contributed by atoms with Gasteiger partial charge in [0, 0.05) is 19.4 Å². The van der Waals surface area contributed by atoms with Gasteiger partial charge >= 0.3 is 0 Å². The molecule has 0 aromatic carbocycles. The maximum absolute atomic E-state index is 5.25. The standard InChI is InChI=1S/C10H23N4.2HI/c1-14(8-4-5-9-14)7-3-2-6-13-10(11)12;;/h2-9H2,1H3,(H4,11,12,13);2*1H/q+1;;/p-1. The maximum Gasteiger partial charge on any atom is 0.185 e. The summed E-state index contributed by atoms with van der Waals surface area (Å²) < 4.78 is 1.25. The first-order valence-corrected chi connectivity index (χ1v) is 5.51. The monoisotopic (exact) mass is 454 g/mol. The van der Waals surface area contributed by atoms with Gasteiger partial charge in [-0.2, -0.15) is 0 Å². The lowest BCUT2D eigenvalue weighted by molar-refractivity contribution is -0.897. The Morgan fingerprint density at radius 2 is 1.75 bits per heavy atom. The summed E-state index contributed by atoms with van der Waals surface area (Å²) in [5.41, 5.74) is 10.5. The molecule has 0 aliphatic carbocycles. The number of guanidine groups is 1. The second-order valence-electron chi connectivity index (χ2n) is 4.51. The van der Waals surface area contributed by atoms with Gasteiger partial charge in [-0.3, -0.25) is 4.99 Å². The van der Waals surface area contributed by atoms with E-state index in [4.69, 9.17) is 11.5 Å². The molecule has 1 fully saturated rings. The molecule has 0 spiro atoms. The highest BCUT2D eigenvalue weighted by Gasteiger charge is 2.25. The van der Waals surface area contributed by atoms with Crippen LogP contribution >= 0.6 is 24.0 Å². The minimum Gasteiger partial charge on any atom is -1.00 e. The molecule has 1 aliphatic heterocycles. The van der Waals surface area contributed by atoms with Crippen LogP contribution in [0.2, 0.25) is 0 Å². The number of aliphatic imine (C=N–C) groups is 1. The lowest BCUT2D eigenvalue weighted by Gasteiger charge is -2.28. The van der Waals surface area contributed by atoms with Crippen molar-refractivity contribution in [1.29, 1.82) is 0 Å². The van der Waals surface area contributed by atoms with Crippen LogP contribution in [0.5, 0.6) is 0 Å². The number of hydrogen-bond donors (Lipinski definition) is 2. The number of nitrogens with two attached hydrogens (primary N) is 2. The summed E-state index contributed by atoms with van der Waals surface area (Å²) in [5, 5.41) is 0. The number of likely N-dealkylation sites (tertiary alicyclic amines) is 1. The molecule has 1 aliphatic rings. The number of hydrogen-bond acceptors (Lipinski definition) is 1. The largest absolute Gasteiger partial charge is 1.00 e. The Morgan fingerprint density at radius 1 is 1.19 bits per heavy atom. The van der Waals surface area contributed by atoms with Crippen LogP contribution in [0.25, 0.3) is 0 Å². The minimum absolute atomic E-state index is 0. The van der Waals surface area contributed by atoms with Crippen LogP contribution in [0.3, 0.4) is 0 Å². The zero-order valence-corrected chi connectivity index (χ0v) is 14.5. The van der Waals surface area contributed by atoms with E-state index in [1.165, 1.54) is 43.4 Å². The first-order valence-electron chi connectivity index (χ1n) is 5.51. The van der Waals surface area contributed by atoms with Gasteiger partial charge < -0.3 is 39.9 Å². The Morgan fingerprint density at radius 3 is 2.25 bits per heavy atom. The summed E-state index contributed by atoms with van der Waals surface area (Å²) in [6, 6.07) is 0. The second kappa shape index (κ2) is 9.69. The molecular formula is C10H24I2N4. The molecule has 6 heteroatoms. The van der Waals surface area contributed by atoms with Crippen molar-refractivity contribution in [2.24, 2.45) is 16.5 Å². The van der Waals surface area contributed by atoms with Crippen molar-refractivity contribution in [3.63, 3.8) is 0 Å². The van der Waals surface area contributed by atoms with Crippen LogP contribution in [0.15, 0.2) is 4.99 Å². The number of quaternary nitrogens is 1. The lowest BCUT2D eigenvalue weighted by Crippen LogP contribution is -3.00. The topological polar surface area (TPSA) is 64.4 Å². The van der Waals surface area contributed by atoms with E-state index in [2.05, 4.69) is 12.0 Å². The average Bonchev–Trinajstić information content (AvgIpc) is 2.51. The Balaban J connectivity index is 0. The summed E-state index contributed by atoms with van der Waals surface area (Å²) in [6.07, 6.45) is 5.12. The van der Waals surface area contributed by atoms with Gasteiger partial charge in [-0.25, -0.2) is 0 Å². The predicted octanol–water partition coefficient (Wildman–Crippen LogP) is -2.10. The van der Waals surface area contributed by atoms with Gasteiger partial charge in [0.25, 0.3) is 0 Å². The molecule has 0 radical (unpaired) electrons. The smallest absolute Gasteiger partial charge is 0.185 e. The zero-order chi connectivity index (χ0) is 10.4. The molecule has 98 valence electrons. The molecule has 0 saturated carbocycles. The van der Waals surface area contributed by atoms with Crippen molar-refractivity contribution in [3.05, 3.63) is 0 Å². The molecule has 0 bridgehead atoms. The summed E-state index contributed by atoms with van der Waals surface area (Å²) in [4.78, 5) is 3.98. The fourth-order valence-electron chi connectivity index (χ4n) is 2.14. The van der Waals surface area contributed by atoms with Gasteiger partial charge in [0.15, 0.2) is 5.96 Å². The number of halogens is 2. The highest BCUT2D eigenvalue weighted by atomic mass is 127. The van der Waals surface area contributed by atoms with Crippen LogP contribution in [0.1, 0.15) is 25.7 Å². The highest BCUT2D eigenvalue weighted by Crippen LogP contribution is 2.16. The summed E-state index contributed by atoms with van der Waals surface area (Å²) >= 11 is 0. The Kier molecular flexibility index (Phi) is 11.5. The summed E-state index contributed by atoms with van der Waals surface area (Å²) in [6.45, 7) is 4.76. The summed E-state index contributed by atoms with van der Waals surface area (Å²) in [5.74, 6) is 0.214. The minimum atomic E-state index is 0. The molecule has 0 amide bonds. The van der Waals surface area contributed by atoms with Crippen molar-refractivity contribution in [2.45, 2.75) is 25.7 Å². The van der Waals surface area contributed by atoms with Crippen LogP contribution in [0, 0.1) is 0 Å². The van der Waals surface area contributed by atoms with Gasteiger partial charge in [0.1, 0.15) is 0 Å². The predicted molar refractivity (Wildman–Crippen MR) is 75.3 cm³/mol. The molecule has 4 nitrogen and oxygen atoms in total. The molecule has 4 N–H and O–H groups in total. The zero-order valence-electron chi connectivity index (χ0n) is 9.99. The first-order chi connectivity index (χ1) is 6.62. The van der Waals surface area contributed by atoms with Crippen molar-refractivity contribution < 1.29 is 28.5 Å². The number of unbranched alkanes of at least 4 members (excludes halogenated alkanes) is 1. The van der Waals surface area contributed by atoms with Crippen LogP contribution in [-0.2, 0) is 0 Å². The third-order valence-corrected chi connectivity index (χ3v) is 3.05. The van der Waals surface area contributed by atoms with Crippen molar-refractivity contribution in [3.8, 4) is 0 Å². The van der Waals surface area contributed by atoms with E-state index in [1.54, 1.807) is 0 Å². The van der Waals surface area contributed by atoms with Crippen LogP contribution in [-0.4, -0.2) is 43.7 Å². The third kappa shape index (κ3) is 7.88. The first kappa shape index (κ1) is 19.0. The Bertz CT molecular complexity index is 199. The lowest BCUT2D eigenvalue weighted by atomic mass is 10.2. The highest BCUT2D eigenvalue weighted by molar-refractivity contribution is 14.0. The van der Waals surface area contributed by atoms with Gasteiger partial charge in [0.05, 0.1) is 26.7 Å². The summed E-state index contributed by atoms with van der Waals surface area (Å²) in [7, 11) is 2.35. The average molecular weight is 454 g/mol. The molecule has 1 heterocycles. The van der Waals surface area contributed by atoms with Gasteiger partial charge in [-0.1, -0.05) is 0 Å². The fraction of sp³-hybridized carbons (Fsp3) is 0.900. The normalized spacial score (nSPS) is 17.1. The molecule has 0 aromatic rings. The number of rotatable bonds is 5. The molecule has 0 aromatic heterocycles. The van der Waals surface area contributed by atoms with Crippen molar-refractivity contribution >= 4 is 29.9 Å². The van der Waals surface area contributed by atoms with Gasteiger partial charge in [-0.15, -0.1) is 24.0 Å². The van der Waals surface area contributed by atoms with Crippen molar-refractivity contribution in [2.75, 3.05) is 33.2 Å². The molecule has 0 unspecified atom stereocenters. The van der Waals surface area contributed by atoms with E-state index in [0.717, 1.165) is 13.0 Å². The van der Waals surface area contributed by atoms with E-state index < -0.39 is 0 Å². The van der Waals surface area contributed by atoms with E-state index in [0.29, 0.717) is 0 Å². The fourth-order valence-corrected chi connectivity index (χ4v) is 2.14. The van der Waals surface area contributed by atoms with Gasteiger partial charge in [0.2, 0.25) is 0 Å². The third-order valence-electron chi connectivity index (χ3n) is 3.05. The van der Waals surface area contributed by atoms with E-state index >= 15 is 0 Å². The van der Waals surface area contributed by atoms with E-state index in [9.17, 15) is 0 Å². The van der Waals surface area contributed by atoms with Gasteiger partial charge in [-0.05, 0) is 12.8 Å². The van der Waals surface area contributed by atoms with Crippen LogP contribution in [0.4, 0.5) is 0 Å². The molecule has 16 heavy (non-hydrogen) atoms. The van der Waals surface area contributed by atoms with E-state index in [-0.39, 0.29) is 53.9 Å². The van der Waals surface area contributed by atoms with Crippen molar-refractivity contribution in [1.82, 2.24) is 0 Å². The SMILES string of the molecule is C[N+]1(CCCCN=C(N)N)CCCC1.I.[I-]. The quantitative estimate of drug-likeness (QED) is 0.165. The Labute approximate surface area is 133 Å². The van der Waals surface area contributed by atoms with Crippen LogP contribution < -0.4 is 35.4 Å². The molecule has 1 saturated heterocycles. The molecular weight excluding hydrogens is 430 g/mol. The van der Waals surface area contributed by atoms with E-state index in [1.807, 2.05) is 0 Å². The second-order valence-corrected chi connectivity index (χ2v) is 4.51. The molecule has 0 atom stereocenters. The molecule has 1 rings (SSSR count). The maximum atomic E-state index is 5.25.